The van der Waals surface area contributed by atoms with Gasteiger partial charge < -0.3 is 15.2 Å². The van der Waals surface area contributed by atoms with E-state index in [9.17, 15) is 4.79 Å². The van der Waals surface area contributed by atoms with Crippen molar-refractivity contribution >= 4 is 11.8 Å². The van der Waals surface area contributed by atoms with Gasteiger partial charge in [-0.25, -0.2) is 4.79 Å². The van der Waals surface area contributed by atoms with Gasteiger partial charge in [0, 0.05) is 5.56 Å². The molecule has 0 aliphatic rings. The number of ether oxygens (including phenoxy) is 2. The Hall–Kier alpha value is -2.82. The minimum absolute atomic E-state index is 0.0212. The molecule has 0 spiro atoms. The average molecular weight is 298 g/mol. The third-order valence-corrected chi connectivity index (χ3v) is 3.22. The molecule has 0 unspecified atom stereocenters. The molecule has 0 aliphatic carbocycles. The van der Waals surface area contributed by atoms with Crippen LogP contribution in [0, 0.1) is 5.41 Å². The smallest absolute Gasteiger partial charge is 0.338 e. The zero-order chi connectivity index (χ0) is 16.1. The van der Waals surface area contributed by atoms with E-state index in [-0.39, 0.29) is 11.8 Å². The molecule has 2 aromatic carbocycles. The van der Waals surface area contributed by atoms with Gasteiger partial charge in [0.1, 0.15) is 11.6 Å². The molecule has 0 aliphatic heterocycles. The zero-order valence-corrected chi connectivity index (χ0v) is 12.6. The predicted octanol–water partition coefficient (Wildman–Crippen LogP) is 2.82. The molecule has 0 atom stereocenters. The molecule has 2 aromatic rings. The van der Waals surface area contributed by atoms with Gasteiger partial charge in [0.05, 0.1) is 19.3 Å². The predicted molar refractivity (Wildman–Crippen MR) is 85.4 cm³/mol. The first kappa shape index (κ1) is 15.6. The molecule has 0 fully saturated rings. The summed E-state index contributed by atoms with van der Waals surface area (Å²) in [5.41, 5.74) is 8.35. The molecule has 0 amide bonds. The highest BCUT2D eigenvalue weighted by Gasteiger charge is 2.11. The van der Waals surface area contributed by atoms with Gasteiger partial charge in [-0.2, -0.15) is 0 Å². The van der Waals surface area contributed by atoms with Gasteiger partial charge in [-0.1, -0.05) is 12.1 Å². The summed E-state index contributed by atoms with van der Waals surface area (Å²) in [5.74, 6) is 0.299. The third-order valence-electron chi connectivity index (χ3n) is 3.22. The Bertz CT molecular complexity index is 694. The maximum atomic E-state index is 11.7. The number of amidine groups is 1. The number of hydrogen-bond acceptors (Lipinski definition) is 4. The fourth-order valence-electron chi connectivity index (χ4n) is 2.12. The molecule has 114 valence electrons. The summed E-state index contributed by atoms with van der Waals surface area (Å²) < 4.78 is 10.2. The van der Waals surface area contributed by atoms with Gasteiger partial charge in [0.15, 0.2) is 0 Å². The van der Waals surface area contributed by atoms with Crippen molar-refractivity contribution in [1.82, 2.24) is 0 Å². The van der Waals surface area contributed by atoms with Crippen LogP contribution in [0.1, 0.15) is 22.8 Å². The van der Waals surface area contributed by atoms with Crippen LogP contribution in [0.15, 0.2) is 42.5 Å². The fourth-order valence-corrected chi connectivity index (χ4v) is 2.12. The molecule has 0 aromatic heterocycles. The quantitative estimate of drug-likeness (QED) is 0.505. The Labute approximate surface area is 129 Å². The number of nitrogens with two attached hydrogens (primary N) is 1. The zero-order valence-electron chi connectivity index (χ0n) is 12.6. The van der Waals surface area contributed by atoms with Crippen LogP contribution in [0.4, 0.5) is 0 Å². The second-order valence-electron chi connectivity index (χ2n) is 4.62. The summed E-state index contributed by atoms with van der Waals surface area (Å²) in [6.07, 6.45) is 0. The maximum Gasteiger partial charge on any atom is 0.338 e. The van der Waals surface area contributed by atoms with Gasteiger partial charge in [0.25, 0.3) is 0 Å². The summed E-state index contributed by atoms with van der Waals surface area (Å²) >= 11 is 0. The van der Waals surface area contributed by atoms with Gasteiger partial charge >= 0.3 is 5.97 Å². The minimum atomic E-state index is -0.355. The summed E-state index contributed by atoms with van der Waals surface area (Å²) in [6.45, 7) is 2.10. The maximum absolute atomic E-state index is 11.7. The highest BCUT2D eigenvalue weighted by atomic mass is 16.5. The lowest BCUT2D eigenvalue weighted by molar-refractivity contribution is 0.0526. The van der Waals surface area contributed by atoms with E-state index in [0.717, 1.165) is 11.1 Å². The van der Waals surface area contributed by atoms with Gasteiger partial charge in [-0.05, 0) is 48.4 Å². The first-order chi connectivity index (χ1) is 10.6. The first-order valence-electron chi connectivity index (χ1n) is 6.86. The molecular formula is C17H18N2O3. The standard InChI is InChI=1S/C17H18N2O3/c1-3-22-17(20)12-6-4-11(5-7-12)15-10-13(21-2)8-9-14(15)16(18)19/h4-10H,3H2,1-2H3,(H3,18,19). The van der Waals surface area contributed by atoms with Crippen molar-refractivity contribution in [1.29, 1.82) is 5.41 Å². The topological polar surface area (TPSA) is 85.4 Å². The number of benzene rings is 2. The van der Waals surface area contributed by atoms with Crippen molar-refractivity contribution in [2.24, 2.45) is 5.73 Å². The van der Waals surface area contributed by atoms with E-state index in [1.807, 2.05) is 6.07 Å². The van der Waals surface area contributed by atoms with Crippen molar-refractivity contribution in [3.05, 3.63) is 53.6 Å². The van der Waals surface area contributed by atoms with Crippen LogP contribution in [-0.4, -0.2) is 25.5 Å². The van der Waals surface area contributed by atoms with Crippen LogP contribution in [0.2, 0.25) is 0 Å². The largest absolute Gasteiger partial charge is 0.497 e. The van der Waals surface area contributed by atoms with E-state index in [2.05, 4.69) is 0 Å². The number of esters is 1. The van der Waals surface area contributed by atoms with Crippen LogP contribution < -0.4 is 10.5 Å². The Morgan fingerprint density at radius 2 is 1.86 bits per heavy atom. The average Bonchev–Trinajstić information content (AvgIpc) is 2.54. The Morgan fingerprint density at radius 1 is 1.18 bits per heavy atom. The number of rotatable bonds is 5. The minimum Gasteiger partial charge on any atom is -0.497 e. The van der Waals surface area contributed by atoms with Crippen molar-refractivity contribution in [2.45, 2.75) is 6.92 Å². The number of nitrogens with one attached hydrogen (secondary N) is 1. The molecule has 22 heavy (non-hydrogen) atoms. The Balaban J connectivity index is 2.43. The Kier molecular flexibility index (Phi) is 4.78. The van der Waals surface area contributed by atoms with Crippen LogP contribution in [0.25, 0.3) is 11.1 Å². The Morgan fingerprint density at radius 3 is 2.41 bits per heavy atom. The van der Waals surface area contributed by atoms with Crippen LogP contribution in [0.3, 0.4) is 0 Å². The van der Waals surface area contributed by atoms with Crippen LogP contribution in [-0.2, 0) is 4.74 Å². The number of hydrogen-bond donors (Lipinski definition) is 2. The lowest BCUT2D eigenvalue weighted by Crippen LogP contribution is -2.12. The molecule has 0 heterocycles. The normalized spacial score (nSPS) is 10.1. The summed E-state index contributed by atoms with van der Waals surface area (Å²) in [7, 11) is 1.58. The summed E-state index contributed by atoms with van der Waals surface area (Å²) in [4.78, 5) is 11.7. The number of carbonyl (C=O) groups is 1. The molecule has 0 saturated heterocycles. The lowest BCUT2D eigenvalue weighted by Gasteiger charge is -2.11. The number of carbonyl (C=O) groups excluding carboxylic acids is 1. The molecule has 5 heteroatoms. The van der Waals surface area contributed by atoms with Gasteiger partial charge in [-0.3, -0.25) is 5.41 Å². The van der Waals surface area contributed by atoms with Gasteiger partial charge in [0.2, 0.25) is 0 Å². The van der Waals surface area contributed by atoms with Crippen LogP contribution in [0.5, 0.6) is 5.75 Å². The highest BCUT2D eigenvalue weighted by Crippen LogP contribution is 2.28. The molecule has 0 radical (unpaired) electrons. The molecule has 0 saturated carbocycles. The van der Waals surface area contributed by atoms with Crippen LogP contribution >= 0.6 is 0 Å². The SMILES string of the molecule is CCOC(=O)c1ccc(-c2cc(OC)ccc2C(=N)N)cc1. The van der Waals surface area contributed by atoms with E-state index in [1.165, 1.54) is 0 Å². The summed E-state index contributed by atoms with van der Waals surface area (Å²) in [6, 6.07) is 12.3. The molecule has 0 bridgehead atoms. The second-order valence-corrected chi connectivity index (χ2v) is 4.62. The van der Waals surface area contributed by atoms with E-state index in [4.69, 9.17) is 20.6 Å². The van der Waals surface area contributed by atoms with E-state index in [0.29, 0.717) is 23.5 Å². The fraction of sp³-hybridized carbons (Fsp3) is 0.176. The molecule has 5 nitrogen and oxygen atoms in total. The third kappa shape index (κ3) is 3.25. The van der Waals surface area contributed by atoms with Gasteiger partial charge in [-0.15, -0.1) is 0 Å². The summed E-state index contributed by atoms with van der Waals surface area (Å²) in [5, 5.41) is 7.68. The van der Waals surface area contributed by atoms with E-state index >= 15 is 0 Å². The lowest BCUT2D eigenvalue weighted by atomic mass is 9.97. The first-order valence-corrected chi connectivity index (χ1v) is 6.86. The van der Waals surface area contributed by atoms with Crippen molar-refractivity contribution < 1.29 is 14.3 Å². The highest BCUT2D eigenvalue weighted by molar-refractivity contribution is 6.02. The number of methoxy groups -OCH3 is 1. The van der Waals surface area contributed by atoms with E-state index < -0.39 is 0 Å². The number of nitrogen functional groups attached to an aromatic ring is 1. The molecule has 3 N–H and O–H groups in total. The monoisotopic (exact) mass is 298 g/mol. The van der Waals surface area contributed by atoms with Crippen molar-refractivity contribution in [3.8, 4) is 16.9 Å². The van der Waals surface area contributed by atoms with E-state index in [1.54, 1.807) is 50.4 Å². The molecular weight excluding hydrogens is 280 g/mol. The molecule has 2 rings (SSSR count). The second kappa shape index (κ2) is 6.76. The van der Waals surface area contributed by atoms with Crippen molar-refractivity contribution in [2.75, 3.05) is 13.7 Å². The van der Waals surface area contributed by atoms with Crippen molar-refractivity contribution in [3.63, 3.8) is 0 Å².